The molecule has 0 unspecified atom stereocenters. The Hall–Kier alpha value is -0.930. The zero-order valence-corrected chi connectivity index (χ0v) is 7.29. The first-order valence-corrected chi connectivity index (χ1v) is 4.68. The lowest BCUT2D eigenvalue weighted by molar-refractivity contribution is -0.0993. The second-order valence-corrected chi connectivity index (χ2v) is 4.15. The first kappa shape index (κ1) is 8.38. The molecule has 0 aromatic carbocycles. The summed E-state index contributed by atoms with van der Waals surface area (Å²) in [6.45, 7) is 0. The summed E-state index contributed by atoms with van der Waals surface area (Å²) < 4.78 is 42.8. The monoisotopic (exact) mass is 202 g/mol. The van der Waals surface area contributed by atoms with Crippen molar-refractivity contribution in [1.29, 1.82) is 0 Å². The third-order valence-corrected chi connectivity index (χ3v) is 3.43. The van der Waals surface area contributed by atoms with Crippen molar-refractivity contribution in [3.05, 3.63) is 24.0 Å². The van der Waals surface area contributed by atoms with E-state index in [1.807, 2.05) is 12.2 Å². The molecule has 0 amide bonds. The van der Waals surface area contributed by atoms with Gasteiger partial charge < -0.3 is 4.74 Å². The molecule has 1 aliphatic heterocycles. The van der Waals surface area contributed by atoms with Gasteiger partial charge in [-0.2, -0.15) is 13.2 Å². The molecule has 2 bridgehead atoms. The van der Waals surface area contributed by atoms with Crippen LogP contribution in [0.1, 0.15) is 6.42 Å². The van der Waals surface area contributed by atoms with Crippen molar-refractivity contribution in [3.8, 4) is 0 Å². The maximum Gasteiger partial charge on any atom is 0.416 e. The predicted molar refractivity (Wildman–Crippen MR) is 43.2 cm³/mol. The number of halogens is 3. The molecule has 2 aliphatic carbocycles. The topological polar surface area (TPSA) is 9.23 Å². The van der Waals surface area contributed by atoms with Crippen LogP contribution in [-0.4, -0.2) is 12.3 Å². The van der Waals surface area contributed by atoms with Gasteiger partial charge >= 0.3 is 6.18 Å². The Balaban J connectivity index is 1.95. The van der Waals surface area contributed by atoms with Gasteiger partial charge in [0.1, 0.15) is 6.10 Å². The lowest BCUT2D eigenvalue weighted by atomic mass is 9.86. The van der Waals surface area contributed by atoms with Gasteiger partial charge in [0.25, 0.3) is 0 Å². The molecule has 3 rings (SSSR count). The molecule has 1 saturated carbocycles. The lowest BCUT2D eigenvalue weighted by Gasteiger charge is -2.22. The average Bonchev–Trinajstić information content (AvgIpc) is 2.74. The first-order chi connectivity index (χ1) is 6.57. The third kappa shape index (κ3) is 0.913. The Morgan fingerprint density at radius 2 is 1.93 bits per heavy atom. The number of fused-ring (bicyclic) bond motifs is 5. The van der Waals surface area contributed by atoms with Crippen LogP contribution < -0.4 is 0 Å². The van der Waals surface area contributed by atoms with Crippen LogP contribution in [0.15, 0.2) is 24.0 Å². The SMILES string of the molecule is FC(F)(F)C1=CO[C@@H]2[C@H]1[C@H]1C=C[C@@H]2C1. The predicted octanol–water partition coefficient (Wildman–Crippen LogP) is 2.65. The molecule has 0 N–H and O–H groups in total. The van der Waals surface area contributed by atoms with Crippen molar-refractivity contribution < 1.29 is 17.9 Å². The van der Waals surface area contributed by atoms with Gasteiger partial charge in [0, 0.05) is 11.8 Å². The minimum absolute atomic E-state index is 0.0420. The molecule has 76 valence electrons. The molecule has 0 aromatic heterocycles. The van der Waals surface area contributed by atoms with E-state index in [2.05, 4.69) is 0 Å². The number of allylic oxidation sites excluding steroid dienone is 1. The molecule has 0 spiro atoms. The van der Waals surface area contributed by atoms with Crippen LogP contribution in [-0.2, 0) is 4.74 Å². The van der Waals surface area contributed by atoms with E-state index in [-0.39, 0.29) is 17.9 Å². The fourth-order valence-corrected chi connectivity index (χ4v) is 2.86. The van der Waals surface area contributed by atoms with E-state index in [1.54, 1.807) is 0 Å². The van der Waals surface area contributed by atoms with E-state index in [0.29, 0.717) is 0 Å². The number of ether oxygens (including phenoxy) is 1. The highest BCUT2D eigenvalue weighted by molar-refractivity contribution is 5.29. The van der Waals surface area contributed by atoms with E-state index in [0.717, 1.165) is 12.7 Å². The lowest BCUT2D eigenvalue weighted by Crippen LogP contribution is -2.28. The number of alkyl halides is 3. The summed E-state index contributed by atoms with van der Waals surface area (Å²) in [6.07, 6.45) is 1.16. The Kier molecular flexibility index (Phi) is 1.41. The normalized spacial score (nSPS) is 43.8. The van der Waals surface area contributed by atoms with Crippen molar-refractivity contribution in [1.82, 2.24) is 0 Å². The first-order valence-electron chi connectivity index (χ1n) is 4.68. The quantitative estimate of drug-likeness (QED) is 0.549. The van der Waals surface area contributed by atoms with Gasteiger partial charge in [-0.05, 0) is 12.3 Å². The molecule has 1 heterocycles. The third-order valence-electron chi connectivity index (χ3n) is 3.43. The molecule has 14 heavy (non-hydrogen) atoms. The molecule has 4 atom stereocenters. The van der Waals surface area contributed by atoms with Crippen LogP contribution in [0.25, 0.3) is 0 Å². The van der Waals surface area contributed by atoms with Crippen molar-refractivity contribution in [3.63, 3.8) is 0 Å². The fourth-order valence-electron chi connectivity index (χ4n) is 2.86. The summed E-state index contributed by atoms with van der Waals surface area (Å²) in [5.74, 6) is -0.202. The van der Waals surface area contributed by atoms with Crippen LogP contribution in [0.3, 0.4) is 0 Å². The van der Waals surface area contributed by atoms with Gasteiger partial charge in [0.2, 0.25) is 0 Å². The Morgan fingerprint density at radius 3 is 2.64 bits per heavy atom. The van der Waals surface area contributed by atoms with E-state index >= 15 is 0 Å². The highest BCUT2D eigenvalue weighted by Crippen LogP contribution is 2.54. The van der Waals surface area contributed by atoms with Crippen LogP contribution in [0.5, 0.6) is 0 Å². The zero-order valence-electron chi connectivity index (χ0n) is 7.29. The zero-order chi connectivity index (χ0) is 9.92. The van der Waals surface area contributed by atoms with Crippen LogP contribution >= 0.6 is 0 Å². The Morgan fingerprint density at radius 1 is 1.21 bits per heavy atom. The fraction of sp³-hybridized carbons (Fsp3) is 0.600. The summed E-state index contributed by atoms with van der Waals surface area (Å²) in [5.41, 5.74) is -0.473. The van der Waals surface area contributed by atoms with Crippen LogP contribution in [0, 0.1) is 17.8 Å². The molecule has 0 aromatic rings. The van der Waals surface area contributed by atoms with E-state index < -0.39 is 17.7 Å². The average molecular weight is 202 g/mol. The van der Waals surface area contributed by atoms with Crippen molar-refractivity contribution in [2.24, 2.45) is 17.8 Å². The number of rotatable bonds is 0. The van der Waals surface area contributed by atoms with E-state index in [4.69, 9.17) is 4.74 Å². The van der Waals surface area contributed by atoms with Gasteiger partial charge in [0.05, 0.1) is 11.8 Å². The minimum Gasteiger partial charge on any atom is -0.496 e. The van der Waals surface area contributed by atoms with Crippen molar-refractivity contribution >= 4 is 0 Å². The van der Waals surface area contributed by atoms with Gasteiger partial charge in [-0.1, -0.05) is 12.2 Å². The summed E-state index contributed by atoms with van der Waals surface area (Å²) in [7, 11) is 0. The molecule has 0 saturated heterocycles. The van der Waals surface area contributed by atoms with Gasteiger partial charge in [-0.25, -0.2) is 0 Å². The highest BCUT2D eigenvalue weighted by atomic mass is 19.4. The molecule has 4 heteroatoms. The van der Waals surface area contributed by atoms with E-state index in [1.165, 1.54) is 0 Å². The maximum absolute atomic E-state index is 12.6. The smallest absolute Gasteiger partial charge is 0.416 e. The van der Waals surface area contributed by atoms with Crippen LogP contribution in [0.2, 0.25) is 0 Å². The summed E-state index contributed by atoms with van der Waals surface area (Å²) in [6, 6.07) is 0. The summed E-state index contributed by atoms with van der Waals surface area (Å²) in [5, 5.41) is 0. The largest absolute Gasteiger partial charge is 0.496 e. The van der Waals surface area contributed by atoms with Gasteiger partial charge in [-0.15, -0.1) is 0 Å². The summed E-state index contributed by atoms with van der Waals surface area (Å²) >= 11 is 0. The number of hydrogen-bond donors (Lipinski definition) is 0. The van der Waals surface area contributed by atoms with Crippen LogP contribution in [0.4, 0.5) is 13.2 Å². The second kappa shape index (κ2) is 2.35. The highest BCUT2D eigenvalue weighted by Gasteiger charge is 2.56. The maximum atomic E-state index is 12.6. The van der Waals surface area contributed by atoms with Gasteiger partial charge in [-0.3, -0.25) is 0 Å². The molecule has 1 nitrogen and oxygen atoms in total. The van der Waals surface area contributed by atoms with Crippen molar-refractivity contribution in [2.75, 3.05) is 0 Å². The molecule has 0 radical (unpaired) electrons. The second-order valence-electron chi connectivity index (χ2n) is 4.15. The molecular formula is C10H9F3O. The summed E-state index contributed by atoms with van der Waals surface area (Å²) in [4.78, 5) is 0. The Bertz CT molecular complexity index is 329. The molecule has 1 fully saturated rings. The van der Waals surface area contributed by atoms with E-state index in [9.17, 15) is 13.2 Å². The molecular weight excluding hydrogens is 193 g/mol. The number of hydrogen-bond acceptors (Lipinski definition) is 1. The Labute approximate surface area is 79.2 Å². The minimum atomic E-state index is -4.22. The molecule has 3 aliphatic rings. The van der Waals surface area contributed by atoms with Crippen molar-refractivity contribution in [2.45, 2.75) is 18.7 Å². The van der Waals surface area contributed by atoms with Gasteiger partial charge in [0.15, 0.2) is 0 Å². The standard InChI is InChI=1S/C10H9F3O/c11-10(12,13)7-4-14-9-6-2-1-5(3-6)8(7)9/h1-2,4-6,8-9H,3H2/t5-,6+,8-,9-/m0/s1.